The van der Waals surface area contributed by atoms with Crippen LogP contribution in [0.15, 0.2) is 11.2 Å². The van der Waals surface area contributed by atoms with Gasteiger partial charge in [-0.1, -0.05) is 0 Å². The number of rotatable bonds is 7. The Kier molecular flexibility index (Phi) is 7.36. The molecule has 0 atom stereocenters. The Hall–Kier alpha value is -1.14. The normalized spacial score (nSPS) is 11.6. The largest absolute Gasteiger partial charge is 0.385 e. The van der Waals surface area contributed by atoms with Gasteiger partial charge in [0.15, 0.2) is 5.96 Å². The molecule has 2 N–H and O–H groups in total. The van der Waals surface area contributed by atoms with Crippen LogP contribution in [0.2, 0.25) is 0 Å². The van der Waals surface area contributed by atoms with E-state index in [0.717, 1.165) is 37.1 Å². The van der Waals surface area contributed by atoms with E-state index in [-0.39, 0.29) is 0 Å². The third kappa shape index (κ3) is 5.97. The molecule has 1 heterocycles. The van der Waals surface area contributed by atoms with Gasteiger partial charge < -0.3 is 15.4 Å². The minimum absolute atomic E-state index is 0.623. The Morgan fingerprint density at radius 1 is 1.50 bits per heavy atom. The number of hydrogen-bond acceptors (Lipinski definition) is 4. The van der Waals surface area contributed by atoms with Gasteiger partial charge in [-0.25, -0.2) is 9.98 Å². The highest BCUT2D eigenvalue weighted by molar-refractivity contribution is 7.11. The van der Waals surface area contributed by atoms with Crippen molar-refractivity contribution in [1.82, 2.24) is 15.6 Å². The van der Waals surface area contributed by atoms with Gasteiger partial charge in [0, 0.05) is 37.9 Å². The molecular formula is C12H22N4OS. The van der Waals surface area contributed by atoms with Gasteiger partial charge in [0.25, 0.3) is 0 Å². The van der Waals surface area contributed by atoms with Crippen molar-refractivity contribution in [2.45, 2.75) is 26.8 Å². The molecule has 0 saturated heterocycles. The second-order valence-electron chi connectivity index (χ2n) is 3.83. The number of nitrogens with one attached hydrogen (secondary N) is 2. The number of aliphatic imine (C=N–C) groups is 1. The molecule has 1 aromatic heterocycles. The van der Waals surface area contributed by atoms with Crippen molar-refractivity contribution < 1.29 is 4.74 Å². The molecule has 1 rings (SSSR count). The fourth-order valence-electron chi connectivity index (χ4n) is 1.39. The van der Waals surface area contributed by atoms with E-state index < -0.39 is 0 Å². The van der Waals surface area contributed by atoms with Gasteiger partial charge in [-0.3, -0.25) is 0 Å². The molecule has 0 spiro atoms. The minimum Gasteiger partial charge on any atom is -0.385 e. The summed E-state index contributed by atoms with van der Waals surface area (Å²) in [7, 11) is 1.71. The molecule has 0 aliphatic heterocycles. The quantitative estimate of drug-likeness (QED) is 0.448. The third-order valence-corrected chi connectivity index (χ3v) is 3.10. The first-order valence-electron chi connectivity index (χ1n) is 6.18. The van der Waals surface area contributed by atoms with Crippen LogP contribution in [0.4, 0.5) is 0 Å². The third-order valence-electron chi connectivity index (χ3n) is 2.20. The molecule has 0 bridgehead atoms. The van der Waals surface area contributed by atoms with Crippen LogP contribution in [-0.4, -0.2) is 37.7 Å². The standard InChI is InChI=1S/C12H22N4OS/c1-4-13-12(14-6-5-7-17-3)16-9-11-15-8-10(2)18-11/h8H,4-7,9H2,1-3H3,(H2,13,14,16). The van der Waals surface area contributed by atoms with Crippen molar-refractivity contribution in [3.63, 3.8) is 0 Å². The molecule has 0 amide bonds. The van der Waals surface area contributed by atoms with Gasteiger partial charge >= 0.3 is 0 Å². The molecule has 0 radical (unpaired) electrons. The zero-order valence-electron chi connectivity index (χ0n) is 11.3. The van der Waals surface area contributed by atoms with Crippen molar-refractivity contribution >= 4 is 17.3 Å². The first kappa shape index (κ1) is 14.9. The molecule has 0 saturated carbocycles. The van der Waals surface area contributed by atoms with Crippen LogP contribution in [0.3, 0.4) is 0 Å². The lowest BCUT2D eigenvalue weighted by Gasteiger charge is -2.10. The minimum atomic E-state index is 0.623. The second-order valence-corrected chi connectivity index (χ2v) is 5.15. The Morgan fingerprint density at radius 2 is 2.33 bits per heavy atom. The Bertz CT molecular complexity index is 365. The maximum atomic E-state index is 5.01. The van der Waals surface area contributed by atoms with Crippen molar-refractivity contribution in [3.05, 3.63) is 16.1 Å². The highest BCUT2D eigenvalue weighted by Crippen LogP contribution is 2.11. The molecule has 0 aromatic carbocycles. The van der Waals surface area contributed by atoms with Crippen molar-refractivity contribution in [2.24, 2.45) is 4.99 Å². The van der Waals surface area contributed by atoms with Crippen molar-refractivity contribution in [3.8, 4) is 0 Å². The summed E-state index contributed by atoms with van der Waals surface area (Å²) in [5.74, 6) is 0.835. The molecule has 0 unspecified atom stereocenters. The van der Waals surface area contributed by atoms with Crippen molar-refractivity contribution in [2.75, 3.05) is 26.8 Å². The van der Waals surface area contributed by atoms with Crippen LogP contribution in [0, 0.1) is 6.92 Å². The average molecular weight is 270 g/mol. The number of ether oxygens (including phenoxy) is 1. The summed E-state index contributed by atoms with van der Waals surface area (Å²) in [6.07, 6.45) is 2.85. The average Bonchev–Trinajstić information content (AvgIpc) is 2.77. The van der Waals surface area contributed by atoms with Gasteiger partial charge in [0.2, 0.25) is 0 Å². The summed E-state index contributed by atoms with van der Waals surface area (Å²) in [6, 6.07) is 0. The fraction of sp³-hybridized carbons (Fsp3) is 0.667. The summed E-state index contributed by atoms with van der Waals surface area (Å²) in [4.78, 5) is 10.0. The van der Waals surface area contributed by atoms with Crippen LogP contribution in [-0.2, 0) is 11.3 Å². The van der Waals surface area contributed by atoms with E-state index in [1.54, 1.807) is 18.4 Å². The zero-order valence-corrected chi connectivity index (χ0v) is 12.1. The van der Waals surface area contributed by atoms with Crippen molar-refractivity contribution in [1.29, 1.82) is 0 Å². The van der Waals surface area contributed by atoms with E-state index in [9.17, 15) is 0 Å². The highest BCUT2D eigenvalue weighted by Gasteiger charge is 1.99. The monoisotopic (exact) mass is 270 g/mol. The van der Waals surface area contributed by atoms with E-state index >= 15 is 0 Å². The number of aryl methyl sites for hydroxylation is 1. The van der Waals surface area contributed by atoms with E-state index in [2.05, 4.69) is 34.5 Å². The number of methoxy groups -OCH3 is 1. The molecule has 5 nitrogen and oxygen atoms in total. The fourth-order valence-corrected chi connectivity index (χ4v) is 2.10. The first-order chi connectivity index (χ1) is 8.76. The van der Waals surface area contributed by atoms with Crippen LogP contribution < -0.4 is 10.6 Å². The van der Waals surface area contributed by atoms with E-state index in [1.807, 2.05) is 6.20 Å². The summed E-state index contributed by atoms with van der Waals surface area (Å²) in [5, 5.41) is 7.52. The van der Waals surface area contributed by atoms with Gasteiger partial charge in [-0.2, -0.15) is 0 Å². The van der Waals surface area contributed by atoms with Crippen LogP contribution in [0.25, 0.3) is 0 Å². The maximum absolute atomic E-state index is 5.01. The summed E-state index contributed by atoms with van der Waals surface area (Å²) >= 11 is 1.69. The summed E-state index contributed by atoms with van der Waals surface area (Å²) in [5.41, 5.74) is 0. The smallest absolute Gasteiger partial charge is 0.191 e. The summed E-state index contributed by atoms with van der Waals surface area (Å²) in [6.45, 7) is 7.21. The van der Waals surface area contributed by atoms with E-state index in [0.29, 0.717) is 6.54 Å². The molecular weight excluding hydrogens is 248 g/mol. The molecule has 0 fully saturated rings. The van der Waals surface area contributed by atoms with E-state index in [1.165, 1.54) is 4.88 Å². The van der Waals surface area contributed by atoms with Crippen LogP contribution >= 0.6 is 11.3 Å². The Morgan fingerprint density at radius 3 is 2.94 bits per heavy atom. The van der Waals surface area contributed by atoms with Gasteiger partial charge in [0.1, 0.15) is 5.01 Å². The van der Waals surface area contributed by atoms with Crippen LogP contribution in [0.5, 0.6) is 0 Å². The van der Waals surface area contributed by atoms with Gasteiger partial charge in [0.05, 0.1) is 6.54 Å². The Balaban J connectivity index is 2.39. The topological polar surface area (TPSA) is 58.5 Å². The Labute approximate surface area is 113 Å². The SMILES string of the molecule is CCNC(=NCc1ncc(C)s1)NCCCOC. The predicted molar refractivity (Wildman–Crippen MR) is 76.2 cm³/mol. The number of hydrogen-bond donors (Lipinski definition) is 2. The predicted octanol–water partition coefficient (Wildman–Crippen LogP) is 1.54. The highest BCUT2D eigenvalue weighted by atomic mass is 32.1. The van der Waals surface area contributed by atoms with E-state index in [4.69, 9.17) is 4.74 Å². The molecule has 0 aliphatic carbocycles. The first-order valence-corrected chi connectivity index (χ1v) is 7.00. The zero-order chi connectivity index (χ0) is 13.2. The molecule has 6 heteroatoms. The molecule has 102 valence electrons. The second kappa shape index (κ2) is 8.88. The molecule has 1 aromatic rings. The number of thiazole rings is 1. The molecule has 0 aliphatic rings. The lowest BCUT2D eigenvalue weighted by molar-refractivity contribution is 0.195. The van der Waals surface area contributed by atoms with Gasteiger partial charge in [-0.15, -0.1) is 11.3 Å². The summed E-state index contributed by atoms with van der Waals surface area (Å²) < 4.78 is 5.01. The number of nitrogens with zero attached hydrogens (tertiary/aromatic N) is 2. The number of aromatic nitrogens is 1. The van der Waals surface area contributed by atoms with Gasteiger partial charge in [-0.05, 0) is 20.3 Å². The lowest BCUT2D eigenvalue weighted by Crippen LogP contribution is -2.38. The maximum Gasteiger partial charge on any atom is 0.191 e. The number of guanidine groups is 1. The molecule has 18 heavy (non-hydrogen) atoms. The lowest BCUT2D eigenvalue weighted by atomic mass is 10.4. The van der Waals surface area contributed by atoms with Crippen LogP contribution in [0.1, 0.15) is 23.2 Å².